The highest BCUT2D eigenvalue weighted by Crippen LogP contribution is 2.14. The van der Waals surface area contributed by atoms with Crippen molar-refractivity contribution in [3.05, 3.63) is 12.7 Å². The molecular weight excluding hydrogens is 170 g/mol. The number of nitrogens with two attached hydrogens (primary N) is 1. The average molecular weight is 179 g/mol. The molecule has 68 valence electrons. The van der Waals surface area contributed by atoms with Crippen molar-refractivity contribution in [1.29, 1.82) is 0 Å². The Morgan fingerprint density at radius 2 is 2.23 bits per heavy atom. The molecule has 0 aliphatic carbocycles. The van der Waals surface area contributed by atoms with E-state index in [9.17, 15) is 0 Å². The van der Waals surface area contributed by atoms with E-state index < -0.39 is 0 Å². The number of fused-ring (bicyclic) bond motifs is 1. The normalized spacial score (nSPS) is 10.3. The summed E-state index contributed by atoms with van der Waals surface area (Å²) < 4.78 is 1.51. The first kappa shape index (κ1) is 7.74. The first-order chi connectivity index (χ1) is 6.36. The number of nitrogen functional groups attached to an aromatic ring is 1. The van der Waals surface area contributed by atoms with Gasteiger partial charge in [0, 0.05) is 7.05 Å². The Bertz CT molecular complexity index is 420. The summed E-state index contributed by atoms with van der Waals surface area (Å²) in [7, 11) is 1.77. The summed E-state index contributed by atoms with van der Waals surface area (Å²) in [6, 6.07) is 0. The zero-order valence-corrected chi connectivity index (χ0v) is 7.02. The van der Waals surface area contributed by atoms with E-state index in [-0.39, 0.29) is 0 Å². The molecular formula is C6H9N7. The maximum atomic E-state index is 5.24. The number of aromatic nitrogens is 4. The van der Waals surface area contributed by atoms with Crippen LogP contribution in [-0.2, 0) is 0 Å². The lowest BCUT2D eigenvalue weighted by molar-refractivity contribution is 0.892. The first-order valence-electron chi connectivity index (χ1n) is 3.69. The first-order valence-corrected chi connectivity index (χ1v) is 3.69. The van der Waals surface area contributed by atoms with Gasteiger partial charge in [-0.2, -0.15) is 0 Å². The molecule has 0 unspecified atom stereocenters. The van der Waals surface area contributed by atoms with Gasteiger partial charge in [0.25, 0.3) is 0 Å². The Balaban J connectivity index is 2.72. The fraction of sp³-hybridized carbons (Fsp3) is 0.167. The summed E-state index contributed by atoms with van der Waals surface area (Å²) in [5.74, 6) is 5.92. The van der Waals surface area contributed by atoms with Crippen LogP contribution in [0.15, 0.2) is 12.7 Å². The van der Waals surface area contributed by atoms with Gasteiger partial charge in [-0.05, 0) is 0 Å². The molecule has 13 heavy (non-hydrogen) atoms. The van der Waals surface area contributed by atoms with Crippen molar-refractivity contribution in [3.8, 4) is 0 Å². The van der Waals surface area contributed by atoms with Gasteiger partial charge in [0.1, 0.15) is 12.7 Å². The summed E-state index contributed by atoms with van der Waals surface area (Å²) >= 11 is 0. The zero-order chi connectivity index (χ0) is 9.26. The fourth-order valence-corrected chi connectivity index (χ4v) is 1.11. The highest BCUT2D eigenvalue weighted by atomic mass is 15.6. The molecule has 2 aromatic rings. The lowest BCUT2D eigenvalue weighted by Gasteiger charge is -2.01. The summed E-state index contributed by atoms with van der Waals surface area (Å²) in [6.45, 7) is 0. The van der Waals surface area contributed by atoms with Crippen LogP contribution in [0.5, 0.6) is 0 Å². The zero-order valence-electron chi connectivity index (χ0n) is 7.02. The molecule has 0 saturated carbocycles. The molecule has 0 aliphatic heterocycles. The van der Waals surface area contributed by atoms with E-state index in [1.807, 2.05) is 0 Å². The van der Waals surface area contributed by atoms with Gasteiger partial charge in [-0.15, -0.1) is 0 Å². The molecule has 4 N–H and O–H groups in total. The second-order valence-electron chi connectivity index (χ2n) is 2.39. The van der Waals surface area contributed by atoms with Gasteiger partial charge in [0.05, 0.1) is 0 Å². The van der Waals surface area contributed by atoms with Crippen molar-refractivity contribution in [2.45, 2.75) is 0 Å². The number of hydrazine groups is 1. The predicted octanol–water partition coefficient (Wildman–Crippen LogP) is -0.715. The average Bonchev–Trinajstić information content (AvgIpc) is 2.60. The molecule has 2 rings (SSSR count). The minimum atomic E-state index is 0.641. The molecule has 2 aromatic heterocycles. The van der Waals surface area contributed by atoms with Crippen LogP contribution in [0.4, 0.5) is 5.82 Å². The van der Waals surface area contributed by atoms with E-state index in [2.05, 4.69) is 25.8 Å². The van der Waals surface area contributed by atoms with Gasteiger partial charge < -0.3 is 5.32 Å². The van der Waals surface area contributed by atoms with E-state index in [4.69, 9.17) is 5.84 Å². The topological polar surface area (TPSA) is 93.7 Å². The third-order valence-electron chi connectivity index (χ3n) is 1.71. The van der Waals surface area contributed by atoms with Gasteiger partial charge in [0.15, 0.2) is 17.0 Å². The van der Waals surface area contributed by atoms with Crippen LogP contribution in [0, 0.1) is 0 Å². The van der Waals surface area contributed by atoms with E-state index in [1.165, 1.54) is 11.0 Å². The molecule has 0 bridgehead atoms. The van der Waals surface area contributed by atoms with Crippen molar-refractivity contribution >= 4 is 17.0 Å². The lowest BCUT2D eigenvalue weighted by atomic mass is 10.5. The highest BCUT2D eigenvalue weighted by Gasteiger charge is 2.07. The quantitative estimate of drug-likeness (QED) is 0.416. The standard InChI is InChI=1S/C6H9N7/c1-8-5-4-6(10-2-9-5)13(12-7)3-11-4/h2-3,12H,7H2,1H3,(H,8,9,10). The van der Waals surface area contributed by atoms with E-state index in [0.29, 0.717) is 17.0 Å². The smallest absolute Gasteiger partial charge is 0.185 e. The van der Waals surface area contributed by atoms with Gasteiger partial charge >= 0.3 is 0 Å². The van der Waals surface area contributed by atoms with Crippen molar-refractivity contribution in [2.75, 3.05) is 17.9 Å². The predicted molar refractivity (Wildman–Crippen MR) is 48.4 cm³/mol. The Hall–Kier alpha value is -1.89. The van der Waals surface area contributed by atoms with Crippen molar-refractivity contribution < 1.29 is 0 Å². The van der Waals surface area contributed by atoms with Crippen molar-refractivity contribution in [2.24, 2.45) is 5.84 Å². The Labute approximate surface area is 73.9 Å². The number of nitrogens with one attached hydrogen (secondary N) is 2. The summed E-state index contributed by atoms with van der Waals surface area (Å²) in [5, 5.41) is 2.91. The molecule has 0 amide bonds. The monoisotopic (exact) mass is 179 g/mol. The molecule has 0 radical (unpaired) electrons. The van der Waals surface area contributed by atoms with E-state index >= 15 is 0 Å². The van der Waals surface area contributed by atoms with Crippen molar-refractivity contribution in [3.63, 3.8) is 0 Å². The van der Waals surface area contributed by atoms with Crippen LogP contribution in [0.25, 0.3) is 11.2 Å². The fourth-order valence-electron chi connectivity index (χ4n) is 1.11. The van der Waals surface area contributed by atoms with Gasteiger partial charge in [0.2, 0.25) is 0 Å². The minimum absolute atomic E-state index is 0.641. The Morgan fingerprint density at radius 1 is 1.38 bits per heavy atom. The second-order valence-corrected chi connectivity index (χ2v) is 2.39. The maximum Gasteiger partial charge on any atom is 0.185 e. The van der Waals surface area contributed by atoms with E-state index in [1.54, 1.807) is 13.4 Å². The van der Waals surface area contributed by atoms with Crippen LogP contribution < -0.4 is 16.7 Å². The third-order valence-corrected chi connectivity index (χ3v) is 1.71. The van der Waals surface area contributed by atoms with Gasteiger partial charge in [-0.25, -0.2) is 25.5 Å². The molecule has 7 heteroatoms. The minimum Gasteiger partial charge on any atom is -0.371 e. The number of nitrogens with zero attached hydrogens (tertiary/aromatic N) is 4. The Morgan fingerprint density at radius 3 is 2.92 bits per heavy atom. The van der Waals surface area contributed by atoms with Crippen LogP contribution >= 0.6 is 0 Å². The van der Waals surface area contributed by atoms with Gasteiger partial charge in [-0.3, -0.25) is 5.53 Å². The third kappa shape index (κ3) is 1.05. The lowest BCUT2D eigenvalue weighted by Crippen LogP contribution is -2.20. The molecule has 0 aliphatic rings. The summed E-state index contributed by atoms with van der Waals surface area (Å²) in [4.78, 5) is 12.1. The summed E-state index contributed by atoms with van der Waals surface area (Å²) in [5.41, 5.74) is 3.76. The van der Waals surface area contributed by atoms with Crippen molar-refractivity contribution in [1.82, 2.24) is 19.6 Å². The molecule has 0 atom stereocenters. The highest BCUT2D eigenvalue weighted by molar-refractivity contribution is 5.82. The van der Waals surface area contributed by atoms with Crippen LogP contribution in [-0.4, -0.2) is 26.7 Å². The van der Waals surface area contributed by atoms with Crippen LogP contribution in [0.3, 0.4) is 0 Å². The summed E-state index contributed by atoms with van der Waals surface area (Å²) in [6.07, 6.45) is 2.99. The SMILES string of the molecule is CNc1ncnc2c1ncn2NN. The number of rotatable bonds is 2. The molecule has 2 heterocycles. The number of anilines is 1. The largest absolute Gasteiger partial charge is 0.371 e. The van der Waals surface area contributed by atoms with Crippen LogP contribution in [0.1, 0.15) is 0 Å². The van der Waals surface area contributed by atoms with Crippen LogP contribution in [0.2, 0.25) is 0 Å². The van der Waals surface area contributed by atoms with Gasteiger partial charge in [-0.1, -0.05) is 0 Å². The number of hydrogen-bond acceptors (Lipinski definition) is 6. The molecule has 7 nitrogen and oxygen atoms in total. The molecule has 0 aromatic carbocycles. The second kappa shape index (κ2) is 2.87. The molecule has 0 saturated heterocycles. The Kier molecular flexibility index (Phi) is 1.71. The van der Waals surface area contributed by atoms with E-state index in [0.717, 1.165) is 0 Å². The maximum absolute atomic E-state index is 5.24. The number of imidazole rings is 1. The number of hydrogen-bond donors (Lipinski definition) is 3. The molecule has 0 fully saturated rings. The molecule has 0 spiro atoms.